The van der Waals surface area contributed by atoms with Crippen molar-refractivity contribution in [1.29, 1.82) is 0 Å². The fourth-order valence-corrected chi connectivity index (χ4v) is 1.38. The number of benzene rings is 1. The normalized spacial score (nSPS) is 10.4. The number of aromatic nitrogens is 2. The van der Waals surface area contributed by atoms with Crippen LogP contribution in [0.1, 0.15) is 5.56 Å². The molecule has 0 unspecified atom stereocenters. The van der Waals surface area contributed by atoms with Crippen molar-refractivity contribution in [2.24, 2.45) is 5.73 Å². The Bertz CT molecular complexity index is 557. The minimum absolute atomic E-state index is 0.194. The lowest BCUT2D eigenvalue weighted by Gasteiger charge is -2.05. The van der Waals surface area contributed by atoms with Gasteiger partial charge in [-0.25, -0.2) is 9.97 Å². The highest BCUT2D eigenvalue weighted by molar-refractivity contribution is 5.62. The van der Waals surface area contributed by atoms with Crippen molar-refractivity contribution >= 4 is 5.82 Å². The van der Waals surface area contributed by atoms with Crippen LogP contribution in [-0.2, 0) is 6.54 Å². The van der Waals surface area contributed by atoms with Gasteiger partial charge >= 0.3 is 0 Å². The van der Waals surface area contributed by atoms with Crippen molar-refractivity contribution in [3.8, 4) is 22.9 Å². The summed E-state index contributed by atoms with van der Waals surface area (Å²) >= 11 is 0. The van der Waals surface area contributed by atoms with E-state index in [2.05, 4.69) is 9.97 Å². The predicted octanol–water partition coefficient (Wildman–Crippen LogP) is 0.596. The van der Waals surface area contributed by atoms with E-state index >= 15 is 0 Å². The minimum atomic E-state index is -0.229. The van der Waals surface area contributed by atoms with Gasteiger partial charge in [-0.1, -0.05) is 0 Å². The van der Waals surface area contributed by atoms with Crippen molar-refractivity contribution in [2.75, 3.05) is 5.73 Å². The standard InChI is InChI=1S/C11H12N4O2/c12-4-7-5-14-11(15-10(7)13)6-1-2-8(16)9(17)3-6/h1-3,5,16-17H,4,12H2,(H2,13,14,15). The second kappa shape index (κ2) is 4.26. The third kappa shape index (κ3) is 2.11. The average molecular weight is 232 g/mol. The number of hydrogen-bond donors (Lipinski definition) is 4. The van der Waals surface area contributed by atoms with Crippen LogP contribution in [0.2, 0.25) is 0 Å². The Morgan fingerprint density at radius 3 is 2.53 bits per heavy atom. The van der Waals surface area contributed by atoms with E-state index in [0.29, 0.717) is 22.8 Å². The van der Waals surface area contributed by atoms with Gasteiger partial charge in [0.1, 0.15) is 5.82 Å². The molecular formula is C11H12N4O2. The van der Waals surface area contributed by atoms with Gasteiger partial charge in [-0.05, 0) is 18.2 Å². The highest BCUT2D eigenvalue weighted by atomic mass is 16.3. The number of nitrogens with zero attached hydrogens (tertiary/aromatic N) is 2. The molecule has 0 aliphatic rings. The zero-order valence-corrected chi connectivity index (χ0v) is 8.96. The number of nitrogen functional groups attached to an aromatic ring is 1. The number of phenols is 2. The summed E-state index contributed by atoms with van der Waals surface area (Å²) in [6, 6.07) is 4.32. The van der Waals surface area contributed by atoms with E-state index in [1.54, 1.807) is 12.3 Å². The molecule has 1 aromatic heterocycles. The lowest BCUT2D eigenvalue weighted by atomic mass is 10.2. The Hall–Kier alpha value is -2.34. The highest BCUT2D eigenvalue weighted by Crippen LogP contribution is 2.29. The molecule has 0 spiro atoms. The zero-order valence-electron chi connectivity index (χ0n) is 8.96. The van der Waals surface area contributed by atoms with Gasteiger partial charge in [-0.3, -0.25) is 0 Å². The Balaban J connectivity index is 2.46. The fourth-order valence-electron chi connectivity index (χ4n) is 1.38. The Kier molecular flexibility index (Phi) is 2.80. The molecule has 0 amide bonds. The van der Waals surface area contributed by atoms with Crippen LogP contribution in [0.15, 0.2) is 24.4 Å². The average Bonchev–Trinajstić information content (AvgIpc) is 2.32. The van der Waals surface area contributed by atoms with E-state index < -0.39 is 0 Å². The van der Waals surface area contributed by atoms with E-state index in [9.17, 15) is 10.2 Å². The van der Waals surface area contributed by atoms with Crippen LogP contribution in [0.5, 0.6) is 11.5 Å². The van der Waals surface area contributed by atoms with E-state index in [0.717, 1.165) is 0 Å². The SMILES string of the molecule is NCc1cnc(-c2ccc(O)c(O)c2)nc1N. The van der Waals surface area contributed by atoms with Crippen molar-refractivity contribution in [3.63, 3.8) is 0 Å². The second-order valence-electron chi connectivity index (χ2n) is 3.51. The van der Waals surface area contributed by atoms with E-state index in [1.807, 2.05) is 0 Å². The first kappa shape index (κ1) is 11.2. The quantitative estimate of drug-likeness (QED) is 0.563. The van der Waals surface area contributed by atoms with Crippen LogP contribution in [0.25, 0.3) is 11.4 Å². The molecule has 0 radical (unpaired) electrons. The van der Waals surface area contributed by atoms with Gasteiger partial charge in [0.25, 0.3) is 0 Å². The third-order valence-electron chi connectivity index (χ3n) is 2.35. The lowest BCUT2D eigenvalue weighted by Crippen LogP contribution is -2.05. The largest absolute Gasteiger partial charge is 0.504 e. The van der Waals surface area contributed by atoms with Gasteiger partial charge in [0.15, 0.2) is 17.3 Å². The monoisotopic (exact) mass is 232 g/mol. The number of nitrogens with two attached hydrogens (primary N) is 2. The predicted molar refractivity (Wildman–Crippen MR) is 63.1 cm³/mol. The van der Waals surface area contributed by atoms with Crippen LogP contribution in [0, 0.1) is 0 Å². The summed E-state index contributed by atoms with van der Waals surface area (Å²) in [6.45, 7) is 0.271. The number of rotatable bonds is 2. The molecular weight excluding hydrogens is 220 g/mol. The maximum absolute atomic E-state index is 9.37. The van der Waals surface area contributed by atoms with Crippen LogP contribution >= 0.6 is 0 Å². The molecule has 1 heterocycles. The Labute approximate surface area is 97.6 Å². The maximum Gasteiger partial charge on any atom is 0.161 e. The van der Waals surface area contributed by atoms with Crippen molar-refractivity contribution in [2.45, 2.75) is 6.54 Å². The summed E-state index contributed by atoms with van der Waals surface area (Å²) in [4.78, 5) is 8.17. The third-order valence-corrected chi connectivity index (χ3v) is 2.35. The molecule has 0 saturated heterocycles. The van der Waals surface area contributed by atoms with Gasteiger partial charge < -0.3 is 21.7 Å². The molecule has 0 aliphatic carbocycles. The maximum atomic E-state index is 9.37. The summed E-state index contributed by atoms with van der Waals surface area (Å²) in [7, 11) is 0. The minimum Gasteiger partial charge on any atom is -0.504 e. The van der Waals surface area contributed by atoms with Crippen molar-refractivity contribution < 1.29 is 10.2 Å². The summed E-state index contributed by atoms with van der Waals surface area (Å²) in [5.41, 5.74) is 12.4. The van der Waals surface area contributed by atoms with Gasteiger partial charge in [0.05, 0.1) is 0 Å². The summed E-state index contributed by atoms with van der Waals surface area (Å²) in [5.74, 6) is 0.257. The molecule has 0 fully saturated rings. The summed E-state index contributed by atoms with van der Waals surface area (Å²) in [6.07, 6.45) is 1.54. The molecule has 6 N–H and O–H groups in total. The number of hydrogen-bond acceptors (Lipinski definition) is 6. The van der Waals surface area contributed by atoms with E-state index in [4.69, 9.17) is 11.5 Å². The molecule has 0 aliphatic heterocycles. The first-order valence-electron chi connectivity index (χ1n) is 4.95. The van der Waals surface area contributed by atoms with Crippen LogP contribution in [-0.4, -0.2) is 20.2 Å². The number of phenolic OH excluding ortho intramolecular Hbond substituents is 2. The van der Waals surface area contributed by atoms with E-state index in [-0.39, 0.29) is 18.0 Å². The first-order valence-corrected chi connectivity index (χ1v) is 4.95. The Morgan fingerprint density at radius 2 is 1.94 bits per heavy atom. The molecule has 1 aromatic carbocycles. The fraction of sp³-hybridized carbons (Fsp3) is 0.0909. The van der Waals surface area contributed by atoms with Crippen LogP contribution in [0.4, 0.5) is 5.82 Å². The lowest BCUT2D eigenvalue weighted by molar-refractivity contribution is 0.404. The van der Waals surface area contributed by atoms with Gasteiger partial charge in [0, 0.05) is 23.9 Å². The molecule has 0 bridgehead atoms. The molecule has 0 saturated carbocycles. The van der Waals surface area contributed by atoms with Gasteiger partial charge in [0.2, 0.25) is 0 Å². The first-order chi connectivity index (χ1) is 8.11. The van der Waals surface area contributed by atoms with Crippen LogP contribution in [0.3, 0.4) is 0 Å². The molecule has 88 valence electrons. The smallest absolute Gasteiger partial charge is 0.161 e. The van der Waals surface area contributed by atoms with Crippen molar-refractivity contribution in [1.82, 2.24) is 9.97 Å². The van der Waals surface area contributed by atoms with Crippen LogP contribution < -0.4 is 11.5 Å². The molecule has 17 heavy (non-hydrogen) atoms. The second-order valence-corrected chi connectivity index (χ2v) is 3.51. The highest BCUT2D eigenvalue weighted by Gasteiger charge is 2.07. The number of aromatic hydroxyl groups is 2. The topological polar surface area (TPSA) is 118 Å². The summed E-state index contributed by atoms with van der Waals surface area (Å²) in [5, 5.41) is 18.6. The molecule has 6 nitrogen and oxygen atoms in total. The number of anilines is 1. The molecule has 2 aromatic rings. The summed E-state index contributed by atoms with van der Waals surface area (Å²) < 4.78 is 0. The zero-order chi connectivity index (χ0) is 12.4. The Morgan fingerprint density at radius 1 is 1.18 bits per heavy atom. The molecule has 2 rings (SSSR count). The molecule has 6 heteroatoms. The van der Waals surface area contributed by atoms with E-state index in [1.165, 1.54) is 12.1 Å². The van der Waals surface area contributed by atoms with Gasteiger partial charge in [-0.15, -0.1) is 0 Å². The van der Waals surface area contributed by atoms with Gasteiger partial charge in [-0.2, -0.15) is 0 Å². The molecule has 0 atom stereocenters. The van der Waals surface area contributed by atoms with Crippen molar-refractivity contribution in [3.05, 3.63) is 30.0 Å².